The van der Waals surface area contributed by atoms with Gasteiger partial charge in [-0.15, -0.1) is 0 Å². The molecule has 23 heavy (non-hydrogen) atoms. The Morgan fingerprint density at radius 2 is 1.91 bits per heavy atom. The third-order valence-electron chi connectivity index (χ3n) is 5.53. The van der Waals surface area contributed by atoms with Crippen LogP contribution in [0.5, 0.6) is 5.75 Å². The van der Waals surface area contributed by atoms with Gasteiger partial charge in [-0.1, -0.05) is 18.2 Å². The van der Waals surface area contributed by atoms with Gasteiger partial charge in [-0.2, -0.15) is 0 Å². The smallest absolute Gasteiger partial charge is 0.251 e. The van der Waals surface area contributed by atoms with Gasteiger partial charge in [-0.3, -0.25) is 4.79 Å². The minimum atomic E-state index is -0.223. The first-order valence-corrected chi connectivity index (χ1v) is 8.92. The molecule has 1 aliphatic carbocycles. The molecule has 0 aromatic heterocycles. The van der Waals surface area contributed by atoms with Crippen LogP contribution in [0, 0.1) is 0 Å². The average molecular weight is 315 g/mol. The summed E-state index contributed by atoms with van der Waals surface area (Å²) in [6.07, 6.45) is 7.43. The number of benzene rings is 1. The molecule has 2 saturated heterocycles. The van der Waals surface area contributed by atoms with E-state index in [1.807, 2.05) is 35.2 Å². The highest BCUT2D eigenvalue weighted by molar-refractivity contribution is 5.81. The summed E-state index contributed by atoms with van der Waals surface area (Å²) in [6.45, 7) is 1.46. The summed E-state index contributed by atoms with van der Waals surface area (Å²) in [5.41, 5.74) is 0.0399. The number of hydrogen-bond donors (Lipinski definition) is 0. The van der Waals surface area contributed by atoms with E-state index in [0.717, 1.165) is 50.8 Å². The number of nitrogens with zero attached hydrogens (tertiary/aromatic N) is 1. The lowest BCUT2D eigenvalue weighted by Crippen LogP contribution is -2.51. The zero-order valence-electron chi connectivity index (χ0n) is 13.6. The second kappa shape index (κ2) is 6.16. The summed E-state index contributed by atoms with van der Waals surface area (Å²) in [6, 6.07) is 9.86. The van der Waals surface area contributed by atoms with Gasteiger partial charge >= 0.3 is 0 Å². The third kappa shape index (κ3) is 3.09. The van der Waals surface area contributed by atoms with Crippen LogP contribution in [0.25, 0.3) is 0 Å². The van der Waals surface area contributed by atoms with E-state index in [2.05, 4.69) is 0 Å². The van der Waals surface area contributed by atoms with Gasteiger partial charge in [0.1, 0.15) is 18.0 Å². The van der Waals surface area contributed by atoms with Gasteiger partial charge in [0.15, 0.2) is 0 Å². The highest BCUT2D eigenvalue weighted by Crippen LogP contribution is 2.44. The molecule has 1 spiro atoms. The molecule has 1 aromatic carbocycles. The van der Waals surface area contributed by atoms with Crippen LogP contribution in [0.3, 0.4) is 0 Å². The number of rotatable bonds is 3. The van der Waals surface area contributed by atoms with E-state index in [9.17, 15) is 4.79 Å². The van der Waals surface area contributed by atoms with Crippen molar-refractivity contribution in [2.24, 2.45) is 0 Å². The van der Waals surface area contributed by atoms with Gasteiger partial charge in [0.05, 0.1) is 12.1 Å². The molecule has 1 unspecified atom stereocenters. The topological polar surface area (TPSA) is 38.8 Å². The summed E-state index contributed by atoms with van der Waals surface area (Å²) < 4.78 is 12.2. The number of likely N-dealkylation sites (tertiary alicyclic amines) is 1. The molecule has 0 radical (unpaired) electrons. The van der Waals surface area contributed by atoms with Crippen LogP contribution >= 0.6 is 0 Å². The number of para-hydroxylation sites is 1. The van der Waals surface area contributed by atoms with E-state index < -0.39 is 0 Å². The Morgan fingerprint density at radius 3 is 2.65 bits per heavy atom. The van der Waals surface area contributed by atoms with Crippen LogP contribution in [0.15, 0.2) is 30.3 Å². The molecule has 2 heterocycles. The fraction of sp³-hybridized carbons (Fsp3) is 0.632. The van der Waals surface area contributed by atoms with Gasteiger partial charge in [0.2, 0.25) is 0 Å². The van der Waals surface area contributed by atoms with Gasteiger partial charge in [0.25, 0.3) is 5.91 Å². The monoisotopic (exact) mass is 315 g/mol. The highest BCUT2D eigenvalue weighted by atomic mass is 16.5. The Balaban J connectivity index is 1.33. The molecule has 3 aliphatic rings. The second-order valence-corrected chi connectivity index (χ2v) is 7.16. The molecule has 124 valence electrons. The first-order chi connectivity index (χ1) is 11.2. The van der Waals surface area contributed by atoms with Crippen molar-refractivity contribution < 1.29 is 14.3 Å². The summed E-state index contributed by atoms with van der Waals surface area (Å²) in [4.78, 5) is 14.7. The zero-order chi connectivity index (χ0) is 15.7. The molecular formula is C19H25NO3. The standard InChI is InChI=1S/C19H25NO3/c21-18(17-8-4-10-19(23-17)11-5-12-19)20-13-9-16(14-20)22-15-6-2-1-3-7-15/h1-3,6-7,16-17H,4-5,8-14H2/t16-,17?/m0/s1. The predicted octanol–water partition coefficient (Wildman–Crippen LogP) is 3.16. The number of ether oxygens (including phenoxy) is 2. The summed E-state index contributed by atoms with van der Waals surface area (Å²) in [5.74, 6) is 1.06. The fourth-order valence-corrected chi connectivity index (χ4v) is 4.06. The SMILES string of the molecule is O=C(C1CCCC2(CCC2)O1)N1CC[C@H](Oc2ccccc2)C1. The normalized spacial score (nSPS) is 29.3. The van der Waals surface area contributed by atoms with Crippen molar-refractivity contribution in [1.29, 1.82) is 0 Å². The number of carbonyl (C=O) groups excluding carboxylic acids is 1. The van der Waals surface area contributed by atoms with E-state index in [0.29, 0.717) is 6.54 Å². The Hall–Kier alpha value is -1.55. The molecule has 4 rings (SSSR count). The maximum absolute atomic E-state index is 12.8. The van der Waals surface area contributed by atoms with E-state index in [1.54, 1.807) is 0 Å². The van der Waals surface area contributed by atoms with Crippen LogP contribution in [0.4, 0.5) is 0 Å². The molecule has 2 atom stereocenters. The van der Waals surface area contributed by atoms with Crippen molar-refractivity contribution in [3.8, 4) is 5.75 Å². The van der Waals surface area contributed by atoms with Crippen LogP contribution in [0.2, 0.25) is 0 Å². The van der Waals surface area contributed by atoms with E-state index in [-0.39, 0.29) is 23.7 Å². The number of hydrogen-bond acceptors (Lipinski definition) is 3. The first-order valence-electron chi connectivity index (χ1n) is 8.92. The Morgan fingerprint density at radius 1 is 1.13 bits per heavy atom. The number of amides is 1. The van der Waals surface area contributed by atoms with Crippen molar-refractivity contribution in [2.75, 3.05) is 13.1 Å². The van der Waals surface area contributed by atoms with Crippen molar-refractivity contribution >= 4 is 5.91 Å². The predicted molar refractivity (Wildman–Crippen MR) is 87.4 cm³/mol. The van der Waals surface area contributed by atoms with Crippen LogP contribution in [-0.4, -0.2) is 41.7 Å². The minimum absolute atomic E-state index is 0.0399. The summed E-state index contributed by atoms with van der Waals surface area (Å²) in [7, 11) is 0. The van der Waals surface area contributed by atoms with Crippen LogP contribution in [0.1, 0.15) is 44.9 Å². The van der Waals surface area contributed by atoms with Crippen molar-refractivity contribution in [1.82, 2.24) is 4.90 Å². The zero-order valence-corrected chi connectivity index (χ0v) is 13.6. The van der Waals surface area contributed by atoms with Gasteiger partial charge in [-0.05, 0) is 50.7 Å². The molecule has 0 bridgehead atoms. The van der Waals surface area contributed by atoms with E-state index in [4.69, 9.17) is 9.47 Å². The lowest BCUT2D eigenvalue weighted by molar-refractivity contribution is -0.186. The molecule has 1 saturated carbocycles. The van der Waals surface area contributed by atoms with Crippen LogP contribution < -0.4 is 4.74 Å². The lowest BCUT2D eigenvalue weighted by atomic mass is 9.74. The highest BCUT2D eigenvalue weighted by Gasteiger charge is 2.45. The third-order valence-corrected chi connectivity index (χ3v) is 5.53. The Bertz CT molecular complexity index is 555. The quantitative estimate of drug-likeness (QED) is 0.860. The first kappa shape index (κ1) is 15.0. The number of carbonyl (C=O) groups is 1. The molecule has 0 N–H and O–H groups in total. The lowest BCUT2D eigenvalue weighted by Gasteiger charge is -2.47. The molecule has 2 aliphatic heterocycles. The Labute approximate surface area is 137 Å². The summed E-state index contributed by atoms with van der Waals surface area (Å²) in [5, 5.41) is 0. The minimum Gasteiger partial charge on any atom is -0.489 e. The van der Waals surface area contributed by atoms with Gasteiger partial charge < -0.3 is 14.4 Å². The molecular weight excluding hydrogens is 290 g/mol. The summed E-state index contributed by atoms with van der Waals surface area (Å²) >= 11 is 0. The molecule has 4 heteroatoms. The largest absolute Gasteiger partial charge is 0.489 e. The van der Waals surface area contributed by atoms with Gasteiger partial charge in [0, 0.05) is 13.0 Å². The average Bonchev–Trinajstić information content (AvgIpc) is 3.02. The van der Waals surface area contributed by atoms with Crippen molar-refractivity contribution in [2.45, 2.75) is 62.8 Å². The fourth-order valence-electron chi connectivity index (χ4n) is 4.06. The van der Waals surface area contributed by atoms with Gasteiger partial charge in [-0.25, -0.2) is 0 Å². The molecule has 1 aromatic rings. The van der Waals surface area contributed by atoms with E-state index in [1.165, 1.54) is 6.42 Å². The maximum Gasteiger partial charge on any atom is 0.251 e. The molecule has 1 amide bonds. The van der Waals surface area contributed by atoms with Crippen LogP contribution in [-0.2, 0) is 9.53 Å². The molecule has 4 nitrogen and oxygen atoms in total. The maximum atomic E-state index is 12.8. The Kier molecular flexibility index (Phi) is 4.02. The van der Waals surface area contributed by atoms with Crippen molar-refractivity contribution in [3.63, 3.8) is 0 Å². The van der Waals surface area contributed by atoms with E-state index >= 15 is 0 Å². The molecule has 3 fully saturated rings. The second-order valence-electron chi connectivity index (χ2n) is 7.16. The van der Waals surface area contributed by atoms with Crippen molar-refractivity contribution in [3.05, 3.63) is 30.3 Å².